The van der Waals surface area contributed by atoms with Crippen LogP contribution in [0.4, 0.5) is 0 Å². The quantitative estimate of drug-likeness (QED) is 0.786. The first-order valence-corrected chi connectivity index (χ1v) is 5.16. The second-order valence-corrected chi connectivity index (χ2v) is 4.21. The Labute approximate surface area is 89.1 Å². The van der Waals surface area contributed by atoms with Crippen LogP contribution >= 0.6 is 0 Å². The predicted octanol–water partition coefficient (Wildman–Crippen LogP) is 1.68. The van der Waals surface area contributed by atoms with Gasteiger partial charge in [-0.1, -0.05) is 12.1 Å². The summed E-state index contributed by atoms with van der Waals surface area (Å²) in [5.74, 6) is -0.855. The number of nitrogens with one attached hydrogen (secondary N) is 1. The third kappa shape index (κ3) is 2.18. The Morgan fingerprint density at radius 1 is 1.53 bits per heavy atom. The molecule has 1 aliphatic carbocycles. The summed E-state index contributed by atoms with van der Waals surface area (Å²) in [6, 6.07) is 7.19. The first-order chi connectivity index (χ1) is 7.15. The van der Waals surface area contributed by atoms with Crippen molar-refractivity contribution in [1.82, 2.24) is 5.32 Å². The van der Waals surface area contributed by atoms with E-state index in [1.165, 1.54) is 12.8 Å². The number of carboxylic acid groups (broad SMARTS) is 1. The van der Waals surface area contributed by atoms with Crippen molar-refractivity contribution in [2.75, 3.05) is 7.05 Å². The van der Waals surface area contributed by atoms with Crippen LogP contribution < -0.4 is 5.32 Å². The van der Waals surface area contributed by atoms with Crippen molar-refractivity contribution in [3.63, 3.8) is 0 Å². The van der Waals surface area contributed by atoms with Crippen molar-refractivity contribution in [3.05, 3.63) is 35.4 Å². The molecule has 0 aromatic heterocycles. The Morgan fingerprint density at radius 2 is 2.27 bits per heavy atom. The van der Waals surface area contributed by atoms with Crippen LogP contribution in [0.15, 0.2) is 24.3 Å². The molecule has 0 bridgehead atoms. The lowest BCUT2D eigenvalue weighted by atomic mass is 10.0. The summed E-state index contributed by atoms with van der Waals surface area (Å²) in [5.41, 5.74) is 1.71. The van der Waals surface area contributed by atoms with E-state index in [1.807, 2.05) is 19.2 Å². The third-order valence-electron chi connectivity index (χ3n) is 3.10. The Balaban J connectivity index is 2.15. The smallest absolute Gasteiger partial charge is 0.335 e. The second-order valence-electron chi connectivity index (χ2n) is 4.21. The highest BCUT2D eigenvalue weighted by Gasteiger charge is 2.40. The molecule has 1 aromatic carbocycles. The zero-order valence-electron chi connectivity index (χ0n) is 8.79. The predicted molar refractivity (Wildman–Crippen MR) is 58.1 cm³/mol. The lowest BCUT2D eigenvalue weighted by molar-refractivity contribution is 0.0696. The number of carboxylic acids is 1. The maximum absolute atomic E-state index is 10.8. The minimum Gasteiger partial charge on any atom is -0.478 e. The third-order valence-corrected chi connectivity index (χ3v) is 3.10. The van der Waals surface area contributed by atoms with Gasteiger partial charge >= 0.3 is 5.97 Å². The van der Waals surface area contributed by atoms with Gasteiger partial charge in [0.25, 0.3) is 0 Å². The van der Waals surface area contributed by atoms with E-state index in [1.54, 1.807) is 12.1 Å². The van der Waals surface area contributed by atoms with Crippen molar-refractivity contribution in [2.24, 2.45) is 0 Å². The lowest BCUT2D eigenvalue weighted by Gasteiger charge is -2.13. The highest BCUT2D eigenvalue weighted by atomic mass is 16.4. The molecule has 1 fully saturated rings. The van der Waals surface area contributed by atoms with Crippen LogP contribution in [0.3, 0.4) is 0 Å². The van der Waals surface area contributed by atoms with Crippen LogP contribution in [-0.4, -0.2) is 23.7 Å². The SMILES string of the molecule is CNC1(Cc2cccc(C(=O)O)c2)CC1. The van der Waals surface area contributed by atoms with E-state index in [2.05, 4.69) is 5.32 Å². The Bertz CT molecular complexity index is 383. The molecule has 1 saturated carbocycles. The Hall–Kier alpha value is -1.35. The summed E-state index contributed by atoms with van der Waals surface area (Å²) in [6.07, 6.45) is 3.28. The minimum absolute atomic E-state index is 0.233. The van der Waals surface area contributed by atoms with Crippen LogP contribution in [-0.2, 0) is 6.42 Å². The van der Waals surface area contributed by atoms with Gasteiger partial charge in [-0.05, 0) is 44.0 Å². The first-order valence-electron chi connectivity index (χ1n) is 5.16. The lowest BCUT2D eigenvalue weighted by Crippen LogP contribution is -2.29. The summed E-state index contributed by atoms with van der Waals surface area (Å²) in [6.45, 7) is 0. The summed E-state index contributed by atoms with van der Waals surface area (Å²) < 4.78 is 0. The van der Waals surface area contributed by atoms with Gasteiger partial charge in [-0.15, -0.1) is 0 Å². The van der Waals surface area contributed by atoms with Gasteiger partial charge < -0.3 is 10.4 Å². The number of carbonyl (C=O) groups is 1. The number of hydrogen-bond donors (Lipinski definition) is 2. The van der Waals surface area contributed by atoms with Gasteiger partial charge in [0, 0.05) is 5.54 Å². The maximum atomic E-state index is 10.8. The molecule has 80 valence electrons. The summed E-state index contributed by atoms with van der Waals surface area (Å²) in [5, 5.41) is 12.2. The second kappa shape index (κ2) is 3.66. The summed E-state index contributed by atoms with van der Waals surface area (Å²) in [7, 11) is 1.97. The molecule has 1 aliphatic rings. The molecule has 0 aliphatic heterocycles. The molecule has 3 nitrogen and oxygen atoms in total. The van der Waals surface area contributed by atoms with E-state index in [-0.39, 0.29) is 5.54 Å². The molecule has 0 amide bonds. The molecular weight excluding hydrogens is 190 g/mol. The topological polar surface area (TPSA) is 49.3 Å². The van der Waals surface area contributed by atoms with Gasteiger partial charge in [0.15, 0.2) is 0 Å². The van der Waals surface area contributed by atoms with Crippen molar-refractivity contribution in [1.29, 1.82) is 0 Å². The molecule has 15 heavy (non-hydrogen) atoms. The standard InChI is InChI=1S/C12H15NO2/c1-13-12(5-6-12)8-9-3-2-4-10(7-9)11(14)15/h2-4,7,13H,5-6,8H2,1H3,(H,14,15). The molecule has 0 spiro atoms. The van der Waals surface area contributed by atoms with Crippen molar-refractivity contribution in [2.45, 2.75) is 24.8 Å². The summed E-state index contributed by atoms with van der Waals surface area (Å²) >= 11 is 0. The van der Waals surface area contributed by atoms with E-state index in [9.17, 15) is 4.79 Å². The van der Waals surface area contributed by atoms with Crippen molar-refractivity contribution in [3.8, 4) is 0 Å². The number of benzene rings is 1. The van der Waals surface area contributed by atoms with Crippen LogP contribution in [0, 0.1) is 0 Å². The fraction of sp³-hybridized carbons (Fsp3) is 0.417. The highest BCUT2D eigenvalue weighted by molar-refractivity contribution is 5.87. The zero-order chi connectivity index (χ0) is 10.9. The molecule has 0 unspecified atom stereocenters. The van der Waals surface area contributed by atoms with Crippen LogP contribution in [0.2, 0.25) is 0 Å². The molecule has 3 heteroatoms. The minimum atomic E-state index is -0.855. The van der Waals surface area contributed by atoms with E-state index in [0.29, 0.717) is 5.56 Å². The highest BCUT2D eigenvalue weighted by Crippen LogP contribution is 2.38. The van der Waals surface area contributed by atoms with Crippen LogP contribution in [0.1, 0.15) is 28.8 Å². The van der Waals surface area contributed by atoms with E-state index < -0.39 is 5.97 Å². The van der Waals surface area contributed by atoms with Crippen molar-refractivity contribution < 1.29 is 9.90 Å². The number of aromatic carboxylic acids is 1. The van der Waals surface area contributed by atoms with Gasteiger partial charge in [0.1, 0.15) is 0 Å². The molecule has 0 heterocycles. The first kappa shape index (κ1) is 10.2. The van der Waals surface area contributed by atoms with E-state index in [0.717, 1.165) is 12.0 Å². The molecule has 0 radical (unpaired) electrons. The molecular formula is C12H15NO2. The Kier molecular flexibility index (Phi) is 2.49. The largest absolute Gasteiger partial charge is 0.478 e. The fourth-order valence-electron chi connectivity index (χ4n) is 1.87. The zero-order valence-corrected chi connectivity index (χ0v) is 8.79. The molecule has 1 aromatic rings. The summed E-state index contributed by atoms with van der Waals surface area (Å²) in [4.78, 5) is 10.8. The van der Waals surface area contributed by atoms with Crippen molar-refractivity contribution >= 4 is 5.97 Å². The Morgan fingerprint density at radius 3 is 2.80 bits per heavy atom. The monoisotopic (exact) mass is 205 g/mol. The molecule has 0 atom stereocenters. The molecule has 2 N–H and O–H groups in total. The van der Waals surface area contributed by atoms with Gasteiger partial charge in [-0.2, -0.15) is 0 Å². The van der Waals surface area contributed by atoms with Gasteiger partial charge in [0.05, 0.1) is 5.56 Å². The van der Waals surface area contributed by atoms with Gasteiger partial charge in [0.2, 0.25) is 0 Å². The van der Waals surface area contributed by atoms with E-state index in [4.69, 9.17) is 5.11 Å². The molecule has 2 rings (SSSR count). The van der Waals surface area contributed by atoms with Crippen LogP contribution in [0.25, 0.3) is 0 Å². The number of hydrogen-bond acceptors (Lipinski definition) is 2. The van der Waals surface area contributed by atoms with Gasteiger partial charge in [-0.25, -0.2) is 4.79 Å². The normalized spacial score (nSPS) is 17.4. The fourth-order valence-corrected chi connectivity index (χ4v) is 1.87. The number of rotatable bonds is 4. The molecule has 0 saturated heterocycles. The van der Waals surface area contributed by atoms with Crippen LogP contribution in [0.5, 0.6) is 0 Å². The van der Waals surface area contributed by atoms with Gasteiger partial charge in [-0.3, -0.25) is 0 Å². The van der Waals surface area contributed by atoms with E-state index >= 15 is 0 Å². The number of likely N-dealkylation sites (N-methyl/N-ethyl adjacent to an activating group) is 1. The maximum Gasteiger partial charge on any atom is 0.335 e. The average molecular weight is 205 g/mol. The average Bonchev–Trinajstić information content (AvgIpc) is 2.99.